The molecule has 0 fully saturated rings. The van der Waals surface area contributed by atoms with E-state index in [1.165, 1.54) is 0 Å². The number of ketones is 1. The summed E-state index contributed by atoms with van der Waals surface area (Å²) < 4.78 is 0. The van der Waals surface area contributed by atoms with Crippen molar-refractivity contribution in [2.24, 2.45) is 0 Å². The van der Waals surface area contributed by atoms with E-state index in [9.17, 15) is 24.6 Å². The molecule has 0 bridgehead atoms. The van der Waals surface area contributed by atoms with E-state index in [4.69, 9.17) is 76.6 Å². The minimum atomic E-state index is -2.31. The van der Waals surface area contributed by atoms with Crippen molar-refractivity contribution in [2.45, 2.75) is 67.1 Å². The maximum absolute atomic E-state index is 10.5. The fourth-order valence-corrected chi connectivity index (χ4v) is 1.93. The van der Waals surface area contributed by atoms with Gasteiger partial charge in [-0.1, -0.05) is 0 Å². The van der Waals surface area contributed by atoms with Crippen LogP contribution in [-0.2, 0) is 14.4 Å². The van der Waals surface area contributed by atoms with E-state index in [1.54, 1.807) is 0 Å². The molecule has 0 amide bonds. The van der Waals surface area contributed by atoms with Crippen LogP contribution < -0.4 is 10.2 Å². The first-order valence-corrected chi connectivity index (χ1v) is 10.2. The third-order valence-corrected chi connectivity index (χ3v) is 4.38. The molecule has 11 atom stereocenters. The van der Waals surface area contributed by atoms with Gasteiger partial charge >= 0.3 is 37.7 Å². The second-order valence-electron chi connectivity index (χ2n) is 7.30. The summed E-state index contributed by atoms with van der Waals surface area (Å²) in [5.41, 5.74) is 0. The summed E-state index contributed by atoms with van der Waals surface area (Å²) in [5, 5.41) is 150. The van der Waals surface area contributed by atoms with Crippen molar-refractivity contribution in [3.05, 3.63) is 0 Å². The van der Waals surface area contributed by atoms with E-state index in [0.717, 1.165) is 0 Å². The predicted molar refractivity (Wildman–Crippen MR) is 115 cm³/mol. The number of carboxylic acid groups (broad SMARTS) is 2. The molecular weight excluding hydrogens is 576 g/mol. The van der Waals surface area contributed by atoms with E-state index in [2.05, 4.69) is 0 Å². The van der Waals surface area contributed by atoms with Crippen molar-refractivity contribution in [3.63, 3.8) is 0 Å². The SMILES string of the molecule is O=C(CO)[C@@H](O)[C@H](O)[C@H](O)CO.O=C([O-])[C@H](O)[C@@H](O)[C@H](O)[C@H](O)CO.O=C([O-])[C@H](O)[C@@H](O)[C@H](O)[C@H](O)CO.[Ca+2]. The summed E-state index contributed by atoms with van der Waals surface area (Å²) in [6.45, 7) is -3.41. The first-order chi connectivity index (χ1) is 17.4. The Hall–Kier alpha value is -0.730. The first kappa shape index (κ1) is 45.3. The zero-order valence-electron chi connectivity index (χ0n) is 20.1. The van der Waals surface area contributed by atoms with Gasteiger partial charge in [-0.3, -0.25) is 4.79 Å². The fourth-order valence-electron chi connectivity index (χ4n) is 1.93. The molecule has 0 aromatic heterocycles. The number of hydrogen-bond acceptors (Lipinski definition) is 20. The number of rotatable bonds is 15. The van der Waals surface area contributed by atoms with Crippen LogP contribution in [-0.4, -0.2) is 226 Å². The molecule has 0 aliphatic heterocycles. The predicted octanol–water partition coefficient (Wildman–Crippen LogP) is -13.4. The summed E-state index contributed by atoms with van der Waals surface area (Å²) in [5.74, 6) is -4.96. The van der Waals surface area contributed by atoms with Crippen molar-refractivity contribution in [2.75, 3.05) is 26.4 Å². The number of carboxylic acids is 2. The third kappa shape index (κ3) is 17.6. The molecule has 0 saturated heterocycles. The zero-order valence-corrected chi connectivity index (χ0v) is 22.3. The number of Topliss-reactive ketones (excluding diaryl/α,β-unsaturated/α-hetero) is 1. The molecule has 39 heavy (non-hydrogen) atoms. The minimum Gasteiger partial charge on any atom is -0.547 e. The molecule has 21 heteroatoms. The molecule has 0 aromatic rings. The molecule has 228 valence electrons. The van der Waals surface area contributed by atoms with Crippen molar-refractivity contribution >= 4 is 55.5 Å². The Balaban J connectivity index is -0.000000233. The smallest absolute Gasteiger partial charge is 0.547 e. The molecular formula is C18H34CaO20. The first-order valence-electron chi connectivity index (χ1n) is 10.2. The summed E-state index contributed by atoms with van der Waals surface area (Å²) in [6.07, 6.45) is -21.4. The van der Waals surface area contributed by atoms with Crippen LogP contribution in [0.2, 0.25) is 0 Å². The zero-order chi connectivity index (χ0) is 30.9. The molecule has 15 N–H and O–H groups in total. The van der Waals surface area contributed by atoms with Crippen LogP contribution in [0.4, 0.5) is 0 Å². The second kappa shape index (κ2) is 23.9. The Morgan fingerprint density at radius 3 is 0.923 bits per heavy atom. The Labute approximate surface area is 249 Å². The number of aliphatic hydroxyl groups excluding tert-OH is 15. The Bertz CT molecular complexity index is 631. The van der Waals surface area contributed by atoms with E-state index in [1.807, 2.05) is 0 Å². The van der Waals surface area contributed by atoms with Gasteiger partial charge in [0.2, 0.25) is 0 Å². The normalized spacial score (nSPS) is 19.3. The van der Waals surface area contributed by atoms with Crippen LogP contribution in [0.25, 0.3) is 0 Å². The van der Waals surface area contributed by atoms with Crippen LogP contribution >= 0.6 is 0 Å². The van der Waals surface area contributed by atoms with Gasteiger partial charge in [0.05, 0.1) is 31.8 Å². The topological polar surface area (TPSA) is 401 Å². The van der Waals surface area contributed by atoms with Gasteiger partial charge in [-0.15, -0.1) is 0 Å². The fraction of sp³-hybridized carbons (Fsp3) is 0.833. The number of hydrogen-bond donors (Lipinski definition) is 15. The van der Waals surface area contributed by atoms with Gasteiger partial charge < -0.3 is 96.4 Å². The van der Waals surface area contributed by atoms with Gasteiger partial charge in [0.15, 0.2) is 5.78 Å². The van der Waals surface area contributed by atoms with E-state index >= 15 is 0 Å². The maximum Gasteiger partial charge on any atom is 2.00 e. The van der Waals surface area contributed by atoms with Crippen LogP contribution in [0.1, 0.15) is 0 Å². The molecule has 0 aliphatic carbocycles. The van der Waals surface area contributed by atoms with Crippen molar-refractivity contribution in [1.29, 1.82) is 0 Å². The Kier molecular flexibility index (Phi) is 27.8. The molecule has 0 saturated carbocycles. The van der Waals surface area contributed by atoms with Crippen molar-refractivity contribution in [1.82, 2.24) is 0 Å². The van der Waals surface area contributed by atoms with Gasteiger partial charge in [-0.05, 0) is 0 Å². The summed E-state index contributed by atoms with van der Waals surface area (Å²) >= 11 is 0. The molecule has 0 unspecified atom stereocenters. The standard InChI is InChI=1S/2C6H12O7.C6H12O6.Ca/c2*7-1-2(8)3(9)4(10)5(11)6(12)13;7-1-3(9)5(11)6(12)4(10)2-8;/h2*2-5,7-11H,1H2,(H,12,13);3,5-9,11-12H,1-2H2;/q;;;+2/p-2/t2*2-,3-,4+,5-;3-,5-,6-;/m111./s1. The molecule has 0 rings (SSSR count). The monoisotopic (exact) mass is 610 g/mol. The van der Waals surface area contributed by atoms with Crippen LogP contribution in [0.3, 0.4) is 0 Å². The van der Waals surface area contributed by atoms with E-state index in [-0.39, 0.29) is 37.7 Å². The molecule has 20 nitrogen and oxygen atoms in total. The second-order valence-corrected chi connectivity index (χ2v) is 7.30. The molecule has 0 aromatic carbocycles. The Morgan fingerprint density at radius 2 is 0.718 bits per heavy atom. The Morgan fingerprint density at radius 1 is 0.462 bits per heavy atom. The third-order valence-electron chi connectivity index (χ3n) is 4.38. The summed E-state index contributed by atoms with van der Waals surface area (Å²) in [4.78, 5) is 30.5. The summed E-state index contributed by atoms with van der Waals surface area (Å²) in [7, 11) is 0. The number of aliphatic carboxylic acids is 2. The van der Waals surface area contributed by atoms with Crippen molar-refractivity contribution < 1.29 is 101 Å². The average Bonchev–Trinajstić information content (AvgIpc) is 2.92. The molecule has 0 heterocycles. The van der Waals surface area contributed by atoms with Crippen LogP contribution in [0.15, 0.2) is 0 Å². The maximum atomic E-state index is 10.5. The summed E-state index contributed by atoms with van der Waals surface area (Å²) in [6, 6.07) is 0. The molecule has 0 spiro atoms. The average molecular weight is 611 g/mol. The number of carbonyl (C=O) groups excluding carboxylic acids is 3. The van der Waals surface area contributed by atoms with Crippen molar-refractivity contribution in [3.8, 4) is 0 Å². The number of carbonyl (C=O) groups is 3. The quantitative estimate of drug-likeness (QED) is 0.0765. The largest absolute Gasteiger partial charge is 2.00 e. The van der Waals surface area contributed by atoms with Gasteiger partial charge in [-0.25, -0.2) is 0 Å². The molecule has 0 radical (unpaired) electrons. The minimum absolute atomic E-state index is 0. The van der Waals surface area contributed by atoms with Crippen LogP contribution in [0.5, 0.6) is 0 Å². The van der Waals surface area contributed by atoms with Crippen LogP contribution in [0, 0.1) is 0 Å². The van der Waals surface area contributed by atoms with Gasteiger partial charge in [0, 0.05) is 0 Å². The van der Waals surface area contributed by atoms with Gasteiger partial charge in [-0.2, -0.15) is 0 Å². The molecule has 0 aliphatic rings. The van der Waals surface area contributed by atoms with Gasteiger partial charge in [0.1, 0.15) is 73.8 Å². The van der Waals surface area contributed by atoms with E-state index in [0.29, 0.717) is 0 Å². The van der Waals surface area contributed by atoms with E-state index < -0.39 is 111 Å². The van der Waals surface area contributed by atoms with Gasteiger partial charge in [0.25, 0.3) is 0 Å². The number of aliphatic hydroxyl groups is 15.